The van der Waals surface area contributed by atoms with Crippen molar-refractivity contribution in [2.75, 3.05) is 19.6 Å². The number of piperidine rings is 1. The van der Waals surface area contributed by atoms with Gasteiger partial charge >= 0.3 is 0 Å². The summed E-state index contributed by atoms with van der Waals surface area (Å²) in [7, 11) is 0. The third-order valence-electron chi connectivity index (χ3n) is 3.80. The number of ketones is 1. The van der Waals surface area contributed by atoms with E-state index in [1.165, 1.54) is 19.3 Å². The topological polar surface area (TPSA) is 33.5 Å². The summed E-state index contributed by atoms with van der Waals surface area (Å²) in [5, 5.41) is 1.00. The Labute approximate surface area is 125 Å². The highest BCUT2D eigenvalue weighted by Crippen LogP contribution is 2.20. The van der Waals surface area contributed by atoms with E-state index in [4.69, 9.17) is 4.42 Å². The lowest BCUT2D eigenvalue weighted by molar-refractivity contribution is -0.0000120. The summed E-state index contributed by atoms with van der Waals surface area (Å²) >= 11 is 0. The highest BCUT2D eigenvalue weighted by molar-refractivity contribution is 5.97. The zero-order valence-electron chi connectivity index (χ0n) is 11.5. The van der Waals surface area contributed by atoms with Crippen LogP contribution in [0.25, 0.3) is 11.0 Å². The summed E-state index contributed by atoms with van der Waals surface area (Å²) in [6.07, 6.45) is 4.41. The van der Waals surface area contributed by atoms with E-state index in [2.05, 4.69) is 4.90 Å². The molecule has 3 rings (SSSR count). The molecule has 1 aromatic heterocycles. The highest BCUT2D eigenvalue weighted by atomic mass is 35.5. The number of Topliss-reactive ketones (excluding diaryl/α,β-unsaturated/α-hetero) is 1. The monoisotopic (exact) mass is 292 g/mol. The minimum atomic E-state index is 0. The van der Waals surface area contributed by atoms with Crippen molar-refractivity contribution in [1.29, 1.82) is 0 Å². The molecule has 1 fully saturated rings. The van der Waals surface area contributed by atoms with Crippen molar-refractivity contribution in [2.24, 2.45) is 0 Å². The van der Waals surface area contributed by atoms with Crippen LogP contribution in [-0.4, -0.2) is 30.3 Å². The number of nitrogens with zero attached hydrogens (tertiary/aromatic N) is 1. The average molecular weight is 293 g/mol. The number of para-hydroxylation sites is 1. The molecule has 0 atom stereocenters. The molecule has 1 aromatic carbocycles. The summed E-state index contributed by atoms with van der Waals surface area (Å²) < 4.78 is 5.60. The Kier molecular flexibility index (Phi) is 5.21. The van der Waals surface area contributed by atoms with Gasteiger partial charge in [-0.25, -0.2) is 0 Å². The first kappa shape index (κ1) is 15.1. The Morgan fingerprint density at radius 2 is 1.90 bits per heavy atom. The van der Waals surface area contributed by atoms with Crippen LogP contribution < -0.4 is 12.4 Å². The molecule has 1 aliphatic rings. The van der Waals surface area contributed by atoms with Crippen molar-refractivity contribution in [3.63, 3.8) is 0 Å². The molecule has 2 heterocycles. The molecule has 0 bridgehead atoms. The Balaban J connectivity index is 0.00000147. The first-order chi connectivity index (χ1) is 9.33. The van der Waals surface area contributed by atoms with E-state index < -0.39 is 0 Å². The molecule has 20 heavy (non-hydrogen) atoms. The van der Waals surface area contributed by atoms with E-state index in [1.807, 2.05) is 30.3 Å². The lowest BCUT2D eigenvalue weighted by atomic mass is 10.1. The number of furan rings is 1. The van der Waals surface area contributed by atoms with Gasteiger partial charge in [0.05, 0.1) is 0 Å². The number of halogens is 1. The van der Waals surface area contributed by atoms with E-state index in [9.17, 15) is 4.79 Å². The fraction of sp³-hybridized carbons (Fsp3) is 0.438. The average Bonchev–Trinajstić information content (AvgIpc) is 2.90. The summed E-state index contributed by atoms with van der Waals surface area (Å²) in [4.78, 5) is 14.5. The number of hydrogen-bond donors (Lipinski definition) is 0. The van der Waals surface area contributed by atoms with Gasteiger partial charge in [0, 0.05) is 18.4 Å². The number of carbonyl (C=O) groups excluding carboxylic acids is 1. The van der Waals surface area contributed by atoms with E-state index >= 15 is 0 Å². The Hall–Kier alpha value is -1.32. The fourth-order valence-corrected chi connectivity index (χ4v) is 2.69. The van der Waals surface area contributed by atoms with Gasteiger partial charge in [-0.05, 0) is 38.1 Å². The molecule has 0 aliphatic carbocycles. The van der Waals surface area contributed by atoms with E-state index in [1.54, 1.807) is 0 Å². The fourth-order valence-electron chi connectivity index (χ4n) is 2.69. The molecule has 1 saturated heterocycles. The van der Waals surface area contributed by atoms with Crippen LogP contribution in [-0.2, 0) is 0 Å². The molecule has 4 heteroatoms. The minimum Gasteiger partial charge on any atom is -1.00 e. The largest absolute Gasteiger partial charge is 1.00 e. The third kappa shape index (κ3) is 3.41. The lowest BCUT2D eigenvalue weighted by Crippen LogP contribution is -3.00. The van der Waals surface area contributed by atoms with E-state index in [-0.39, 0.29) is 18.2 Å². The smallest absolute Gasteiger partial charge is 0.199 e. The summed E-state index contributed by atoms with van der Waals surface area (Å²) in [5.74, 6) is 0.611. The van der Waals surface area contributed by atoms with Crippen LogP contribution in [0.3, 0.4) is 0 Å². The first-order valence-electron chi connectivity index (χ1n) is 7.07. The van der Waals surface area contributed by atoms with Gasteiger partial charge in [-0.1, -0.05) is 24.6 Å². The maximum Gasteiger partial charge on any atom is 0.199 e. The lowest BCUT2D eigenvalue weighted by Gasteiger charge is -2.25. The van der Waals surface area contributed by atoms with Crippen LogP contribution in [0.4, 0.5) is 0 Å². The standard InChI is InChI=1S/C16H19NO2.ClH/c18-14(8-11-17-9-4-1-5-10-17)16-12-13-6-2-3-7-15(13)19-16;/h2-3,6-7,12H,1,4-5,8-11H2;1H/p-1. The molecule has 0 N–H and O–H groups in total. The van der Waals surface area contributed by atoms with Gasteiger partial charge in [0.1, 0.15) is 5.58 Å². The molecular formula is C16H19ClNO2-. The number of benzene rings is 1. The zero-order chi connectivity index (χ0) is 13.1. The highest BCUT2D eigenvalue weighted by Gasteiger charge is 2.15. The van der Waals surface area contributed by atoms with Crippen molar-refractivity contribution < 1.29 is 21.6 Å². The predicted octanol–water partition coefficient (Wildman–Crippen LogP) is 0.496. The van der Waals surface area contributed by atoms with Gasteiger partial charge in [0.25, 0.3) is 0 Å². The molecule has 0 amide bonds. The van der Waals surface area contributed by atoms with Gasteiger partial charge in [-0.2, -0.15) is 0 Å². The maximum absolute atomic E-state index is 12.1. The van der Waals surface area contributed by atoms with Crippen LogP contribution in [0.2, 0.25) is 0 Å². The summed E-state index contributed by atoms with van der Waals surface area (Å²) in [5.41, 5.74) is 0.795. The van der Waals surface area contributed by atoms with E-state index in [0.29, 0.717) is 12.2 Å². The molecule has 0 unspecified atom stereocenters. The molecule has 3 nitrogen and oxygen atoms in total. The Morgan fingerprint density at radius 3 is 2.65 bits per heavy atom. The molecule has 1 aliphatic heterocycles. The quantitative estimate of drug-likeness (QED) is 0.770. The Morgan fingerprint density at radius 1 is 1.15 bits per heavy atom. The number of carbonyl (C=O) groups is 1. The van der Waals surface area contributed by atoms with Gasteiger partial charge in [0.15, 0.2) is 11.5 Å². The SMILES string of the molecule is O=C(CCN1CCCCC1)c1cc2ccccc2o1.[Cl-]. The second-order valence-electron chi connectivity index (χ2n) is 5.22. The van der Waals surface area contributed by atoms with Gasteiger partial charge < -0.3 is 21.7 Å². The molecule has 108 valence electrons. The van der Waals surface area contributed by atoms with Crippen LogP contribution >= 0.6 is 0 Å². The first-order valence-corrected chi connectivity index (χ1v) is 7.07. The predicted molar refractivity (Wildman–Crippen MR) is 75.5 cm³/mol. The normalized spacial score (nSPS) is 16.0. The van der Waals surface area contributed by atoms with Gasteiger partial charge in [0.2, 0.25) is 0 Å². The van der Waals surface area contributed by atoms with Crippen molar-refractivity contribution in [1.82, 2.24) is 4.90 Å². The van der Waals surface area contributed by atoms with Crippen molar-refractivity contribution in [2.45, 2.75) is 25.7 Å². The molecule has 0 radical (unpaired) electrons. The van der Waals surface area contributed by atoms with Crippen molar-refractivity contribution in [3.8, 4) is 0 Å². The maximum atomic E-state index is 12.1. The van der Waals surface area contributed by atoms with Crippen molar-refractivity contribution in [3.05, 3.63) is 36.1 Å². The molecule has 2 aromatic rings. The van der Waals surface area contributed by atoms with Crippen LogP contribution in [0.5, 0.6) is 0 Å². The minimum absolute atomic E-state index is 0. The molecular weight excluding hydrogens is 274 g/mol. The summed E-state index contributed by atoms with van der Waals surface area (Å²) in [6, 6.07) is 9.61. The summed E-state index contributed by atoms with van der Waals surface area (Å²) in [6.45, 7) is 3.12. The van der Waals surface area contributed by atoms with Crippen LogP contribution in [0.15, 0.2) is 34.7 Å². The number of likely N-dealkylation sites (tertiary alicyclic amines) is 1. The number of fused-ring (bicyclic) bond motifs is 1. The van der Waals surface area contributed by atoms with Gasteiger partial charge in [-0.15, -0.1) is 0 Å². The van der Waals surface area contributed by atoms with Crippen LogP contribution in [0, 0.1) is 0 Å². The van der Waals surface area contributed by atoms with Crippen molar-refractivity contribution >= 4 is 16.8 Å². The number of hydrogen-bond acceptors (Lipinski definition) is 3. The second-order valence-corrected chi connectivity index (χ2v) is 5.22. The number of rotatable bonds is 4. The third-order valence-corrected chi connectivity index (χ3v) is 3.80. The van der Waals surface area contributed by atoms with Gasteiger partial charge in [-0.3, -0.25) is 4.79 Å². The second kappa shape index (κ2) is 6.91. The molecule has 0 spiro atoms. The molecule has 0 saturated carbocycles. The Bertz CT molecular complexity index is 540. The zero-order valence-corrected chi connectivity index (χ0v) is 12.2. The van der Waals surface area contributed by atoms with Crippen LogP contribution in [0.1, 0.15) is 36.2 Å². The van der Waals surface area contributed by atoms with E-state index in [0.717, 1.165) is 30.6 Å².